The molecule has 1 aliphatic rings. The van der Waals surface area contributed by atoms with Gasteiger partial charge in [-0.15, -0.1) is 0 Å². The molecule has 17 heavy (non-hydrogen) atoms. The molecule has 1 saturated heterocycles. The largest absolute Gasteiger partial charge is 0.379 e. The van der Waals surface area contributed by atoms with Gasteiger partial charge in [-0.3, -0.25) is 4.68 Å². The van der Waals surface area contributed by atoms with Crippen molar-refractivity contribution < 1.29 is 4.74 Å². The number of rotatable bonds is 1. The Morgan fingerprint density at radius 1 is 1.47 bits per heavy atom. The van der Waals surface area contributed by atoms with Gasteiger partial charge in [0.1, 0.15) is 5.82 Å². The summed E-state index contributed by atoms with van der Waals surface area (Å²) in [6.45, 7) is 9.64. The van der Waals surface area contributed by atoms with E-state index in [1.165, 1.54) is 0 Å². The van der Waals surface area contributed by atoms with Crippen molar-refractivity contribution in [3.8, 4) is 0 Å². The maximum absolute atomic E-state index is 6.13. The van der Waals surface area contributed by atoms with Crippen LogP contribution in [0.4, 0.5) is 0 Å². The molecule has 0 amide bonds. The van der Waals surface area contributed by atoms with Crippen LogP contribution in [0.15, 0.2) is 0 Å². The molecule has 0 bridgehead atoms. The van der Waals surface area contributed by atoms with E-state index < -0.39 is 0 Å². The topological polar surface area (TPSA) is 66.0 Å². The Bertz CT molecular complexity index is 421. The molecular formula is C12H22N4O. The van der Waals surface area contributed by atoms with E-state index in [1.807, 2.05) is 11.7 Å². The van der Waals surface area contributed by atoms with Gasteiger partial charge in [-0.25, -0.2) is 4.98 Å². The van der Waals surface area contributed by atoms with E-state index >= 15 is 0 Å². The fourth-order valence-corrected chi connectivity index (χ4v) is 2.12. The zero-order chi connectivity index (χ0) is 12.8. The smallest absolute Gasteiger partial charge is 0.156 e. The molecule has 5 heteroatoms. The molecule has 0 aromatic carbocycles. The van der Waals surface area contributed by atoms with Gasteiger partial charge in [-0.2, -0.15) is 5.10 Å². The van der Waals surface area contributed by atoms with Crippen molar-refractivity contribution in [1.82, 2.24) is 14.8 Å². The summed E-state index contributed by atoms with van der Waals surface area (Å²) < 4.78 is 7.31. The van der Waals surface area contributed by atoms with E-state index in [0.717, 1.165) is 11.6 Å². The Hall–Kier alpha value is -0.940. The number of hydrogen-bond donors (Lipinski definition) is 1. The SMILES string of the molecule is Cn1nc(C(C)(C)C)nc1C1(C)COCC1N. The lowest BCUT2D eigenvalue weighted by Gasteiger charge is -2.25. The highest BCUT2D eigenvalue weighted by molar-refractivity contribution is 5.17. The van der Waals surface area contributed by atoms with Crippen LogP contribution in [-0.4, -0.2) is 34.0 Å². The zero-order valence-corrected chi connectivity index (χ0v) is 11.3. The highest BCUT2D eigenvalue weighted by Crippen LogP contribution is 2.31. The molecular weight excluding hydrogens is 216 g/mol. The third-order valence-corrected chi connectivity index (χ3v) is 3.46. The average Bonchev–Trinajstić information content (AvgIpc) is 2.72. The van der Waals surface area contributed by atoms with Crippen molar-refractivity contribution in [2.45, 2.75) is 44.6 Å². The average molecular weight is 238 g/mol. The maximum atomic E-state index is 6.13. The molecule has 0 aliphatic carbocycles. The van der Waals surface area contributed by atoms with Gasteiger partial charge in [0, 0.05) is 18.5 Å². The van der Waals surface area contributed by atoms with Crippen molar-refractivity contribution >= 4 is 0 Å². The van der Waals surface area contributed by atoms with E-state index in [1.54, 1.807) is 0 Å². The standard InChI is InChI=1S/C12H22N4O/c1-11(2,3)9-14-10(16(5)15-9)12(4)7-17-6-8(12)13/h8H,6-7,13H2,1-5H3. The number of nitrogens with zero attached hydrogens (tertiary/aromatic N) is 3. The van der Waals surface area contributed by atoms with Crippen LogP contribution in [0.1, 0.15) is 39.3 Å². The van der Waals surface area contributed by atoms with E-state index in [9.17, 15) is 0 Å². The van der Waals surface area contributed by atoms with Gasteiger partial charge < -0.3 is 10.5 Å². The van der Waals surface area contributed by atoms with E-state index in [4.69, 9.17) is 10.5 Å². The normalized spacial score (nSPS) is 29.9. The van der Waals surface area contributed by atoms with Crippen molar-refractivity contribution in [2.75, 3.05) is 13.2 Å². The second-order valence-electron chi connectivity index (χ2n) is 6.17. The molecule has 1 aliphatic heterocycles. The molecule has 2 rings (SSSR count). The summed E-state index contributed by atoms with van der Waals surface area (Å²) in [5.41, 5.74) is 5.85. The van der Waals surface area contributed by atoms with Crippen LogP contribution in [0.2, 0.25) is 0 Å². The van der Waals surface area contributed by atoms with E-state index in [2.05, 4.69) is 37.8 Å². The summed E-state index contributed by atoms with van der Waals surface area (Å²) in [7, 11) is 1.92. The minimum absolute atomic E-state index is 0.0155. The first-order valence-corrected chi connectivity index (χ1v) is 6.00. The summed E-state index contributed by atoms with van der Waals surface area (Å²) >= 11 is 0. The van der Waals surface area contributed by atoms with Crippen LogP contribution in [0.5, 0.6) is 0 Å². The summed E-state index contributed by atoms with van der Waals surface area (Å²) in [5, 5.41) is 4.50. The van der Waals surface area contributed by atoms with Gasteiger partial charge in [0.05, 0.1) is 18.6 Å². The van der Waals surface area contributed by atoms with Gasteiger partial charge in [-0.05, 0) is 6.92 Å². The third kappa shape index (κ3) is 1.98. The maximum Gasteiger partial charge on any atom is 0.156 e. The second kappa shape index (κ2) is 3.78. The molecule has 1 fully saturated rings. The number of aryl methyl sites for hydroxylation is 1. The molecule has 5 nitrogen and oxygen atoms in total. The van der Waals surface area contributed by atoms with Crippen LogP contribution in [0.3, 0.4) is 0 Å². The zero-order valence-electron chi connectivity index (χ0n) is 11.3. The van der Waals surface area contributed by atoms with Crippen LogP contribution in [0, 0.1) is 0 Å². The van der Waals surface area contributed by atoms with Gasteiger partial charge in [0.2, 0.25) is 0 Å². The molecule has 2 N–H and O–H groups in total. The number of hydrogen-bond acceptors (Lipinski definition) is 4. The Morgan fingerprint density at radius 3 is 2.53 bits per heavy atom. The van der Waals surface area contributed by atoms with E-state index in [-0.39, 0.29) is 16.9 Å². The van der Waals surface area contributed by atoms with Crippen molar-refractivity contribution in [2.24, 2.45) is 12.8 Å². The lowest BCUT2D eigenvalue weighted by molar-refractivity contribution is 0.177. The Labute approximate surface area is 102 Å². The van der Waals surface area contributed by atoms with Crippen LogP contribution in [0.25, 0.3) is 0 Å². The first kappa shape index (κ1) is 12.5. The van der Waals surface area contributed by atoms with Crippen LogP contribution >= 0.6 is 0 Å². The molecule has 2 heterocycles. The number of nitrogens with two attached hydrogens (primary N) is 1. The first-order chi connectivity index (χ1) is 7.75. The predicted octanol–water partition coefficient (Wildman–Crippen LogP) is 0.728. The molecule has 0 saturated carbocycles. The Balaban J connectivity index is 2.43. The molecule has 1 aromatic rings. The molecule has 0 spiro atoms. The van der Waals surface area contributed by atoms with Crippen LogP contribution < -0.4 is 5.73 Å². The van der Waals surface area contributed by atoms with E-state index in [0.29, 0.717) is 13.2 Å². The minimum atomic E-state index is -0.231. The minimum Gasteiger partial charge on any atom is -0.379 e. The van der Waals surface area contributed by atoms with Crippen molar-refractivity contribution in [1.29, 1.82) is 0 Å². The van der Waals surface area contributed by atoms with Gasteiger partial charge >= 0.3 is 0 Å². The number of aromatic nitrogens is 3. The Morgan fingerprint density at radius 2 is 2.12 bits per heavy atom. The first-order valence-electron chi connectivity index (χ1n) is 6.00. The lowest BCUT2D eigenvalue weighted by Crippen LogP contribution is -2.43. The molecule has 2 atom stereocenters. The number of ether oxygens (including phenoxy) is 1. The van der Waals surface area contributed by atoms with Crippen molar-refractivity contribution in [3.63, 3.8) is 0 Å². The fourth-order valence-electron chi connectivity index (χ4n) is 2.12. The third-order valence-electron chi connectivity index (χ3n) is 3.46. The quantitative estimate of drug-likeness (QED) is 0.783. The van der Waals surface area contributed by atoms with Crippen molar-refractivity contribution in [3.05, 3.63) is 11.6 Å². The summed E-state index contributed by atoms with van der Waals surface area (Å²) in [4.78, 5) is 4.68. The van der Waals surface area contributed by atoms with Gasteiger partial charge in [0.25, 0.3) is 0 Å². The predicted molar refractivity (Wildman–Crippen MR) is 65.8 cm³/mol. The van der Waals surface area contributed by atoms with Gasteiger partial charge in [0.15, 0.2) is 5.82 Å². The highest BCUT2D eigenvalue weighted by Gasteiger charge is 2.43. The summed E-state index contributed by atoms with van der Waals surface area (Å²) in [5.74, 6) is 1.78. The fraction of sp³-hybridized carbons (Fsp3) is 0.833. The second-order valence-corrected chi connectivity index (χ2v) is 6.17. The molecule has 1 aromatic heterocycles. The molecule has 96 valence electrons. The van der Waals surface area contributed by atoms with Crippen LogP contribution in [-0.2, 0) is 22.6 Å². The molecule has 2 unspecified atom stereocenters. The molecule has 0 radical (unpaired) electrons. The van der Waals surface area contributed by atoms with Gasteiger partial charge in [-0.1, -0.05) is 20.8 Å². The summed E-state index contributed by atoms with van der Waals surface area (Å²) in [6, 6.07) is -0.0155. The lowest BCUT2D eigenvalue weighted by atomic mass is 9.85. The summed E-state index contributed by atoms with van der Waals surface area (Å²) in [6.07, 6.45) is 0. The monoisotopic (exact) mass is 238 g/mol. The Kier molecular flexibility index (Phi) is 2.78. The highest BCUT2D eigenvalue weighted by atomic mass is 16.5.